The molecule has 28 heavy (non-hydrogen) atoms. The number of fused-ring (bicyclic) bond motifs is 1. The molecular weight excluding hydrogens is 376 g/mol. The molecule has 2 N–H and O–H groups in total. The van der Waals surface area contributed by atoms with Gasteiger partial charge in [-0.05, 0) is 56.5 Å². The van der Waals surface area contributed by atoms with E-state index in [2.05, 4.69) is 27.9 Å². The zero-order chi connectivity index (χ0) is 20.5. The highest BCUT2D eigenvalue weighted by atomic mass is 32.2. The summed E-state index contributed by atoms with van der Waals surface area (Å²) in [5.41, 5.74) is 5.21. The Morgan fingerprint density at radius 3 is 2.39 bits per heavy atom. The van der Waals surface area contributed by atoms with E-state index in [-0.39, 0.29) is 11.4 Å². The monoisotopic (exact) mass is 402 g/mol. The lowest BCUT2D eigenvalue weighted by Gasteiger charge is -2.14. The molecule has 3 aromatic rings. The van der Waals surface area contributed by atoms with Crippen LogP contribution in [0.5, 0.6) is 11.5 Å². The number of methoxy groups -OCH3 is 2. The van der Waals surface area contributed by atoms with Crippen molar-refractivity contribution in [2.24, 2.45) is 0 Å². The molecular formula is C21H26N2O4S. The smallest absolute Gasteiger partial charge is 0.244 e. The van der Waals surface area contributed by atoms with Gasteiger partial charge in [0.05, 0.1) is 14.2 Å². The summed E-state index contributed by atoms with van der Waals surface area (Å²) >= 11 is 0. The van der Waals surface area contributed by atoms with E-state index in [4.69, 9.17) is 9.47 Å². The second-order valence-corrected chi connectivity index (χ2v) is 8.63. The van der Waals surface area contributed by atoms with Crippen LogP contribution in [0, 0.1) is 20.8 Å². The molecule has 0 aliphatic carbocycles. The van der Waals surface area contributed by atoms with Crippen molar-refractivity contribution in [2.75, 3.05) is 20.8 Å². The summed E-state index contributed by atoms with van der Waals surface area (Å²) in [5.74, 6) is 0.800. The predicted octanol–water partition coefficient (Wildman–Crippen LogP) is 3.63. The lowest BCUT2D eigenvalue weighted by molar-refractivity contribution is 0.390. The molecule has 0 spiro atoms. The second kappa shape index (κ2) is 7.85. The first-order valence-electron chi connectivity index (χ1n) is 9.07. The van der Waals surface area contributed by atoms with Gasteiger partial charge in [0.2, 0.25) is 10.0 Å². The highest BCUT2D eigenvalue weighted by Gasteiger charge is 2.22. The number of hydrogen-bond acceptors (Lipinski definition) is 4. The zero-order valence-corrected chi connectivity index (χ0v) is 17.7. The number of sulfonamides is 1. The van der Waals surface area contributed by atoms with E-state index in [1.54, 1.807) is 6.07 Å². The van der Waals surface area contributed by atoms with Crippen molar-refractivity contribution in [1.29, 1.82) is 0 Å². The minimum Gasteiger partial charge on any atom is -0.496 e. The average molecular weight is 403 g/mol. The predicted molar refractivity (Wildman–Crippen MR) is 111 cm³/mol. The van der Waals surface area contributed by atoms with Crippen molar-refractivity contribution in [3.05, 3.63) is 52.7 Å². The Hall–Kier alpha value is -2.51. The topological polar surface area (TPSA) is 80.4 Å². The van der Waals surface area contributed by atoms with Crippen LogP contribution in [-0.4, -0.2) is 34.2 Å². The van der Waals surface area contributed by atoms with E-state index in [9.17, 15) is 8.42 Å². The molecule has 7 heteroatoms. The van der Waals surface area contributed by atoms with E-state index in [0.29, 0.717) is 17.9 Å². The molecule has 6 nitrogen and oxygen atoms in total. The van der Waals surface area contributed by atoms with Crippen LogP contribution in [0.25, 0.3) is 10.9 Å². The Labute approximate surface area is 165 Å². The number of aromatic amines is 1. The molecule has 1 aromatic heterocycles. The van der Waals surface area contributed by atoms with Gasteiger partial charge in [0.1, 0.15) is 16.4 Å². The molecule has 0 amide bonds. The van der Waals surface area contributed by atoms with E-state index < -0.39 is 10.0 Å². The summed E-state index contributed by atoms with van der Waals surface area (Å²) in [6.07, 6.45) is 0.583. The molecule has 0 radical (unpaired) electrons. The van der Waals surface area contributed by atoms with Crippen molar-refractivity contribution >= 4 is 20.9 Å². The summed E-state index contributed by atoms with van der Waals surface area (Å²) in [6, 6.07) is 9.39. The first-order valence-corrected chi connectivity index (χ1v) is 10.5. The Balaban J connectivity index is 1.83. The van der Waals surface area contributed by atoms with Gasteiger partial charge in [-0.2, -0.15) is 0 Å². The zero-order valence-electron chi connectivity index (χ0n) is 16.8. The molecule has 150 valence electrons. The number of aromatic nitrogens is 1. The fraction of sp³-hybridized carbons (Fsp3) is 0.333. The highest BCUT2D eigenvalue weighted by Crippen LogP contribution is 2.31. The first kappa shape index (κ1) is 20.2. The van der Waals surface area contributed by atoms with Crippen molar-refractivity contribution in [2.45, 2.75) is 32.1 Å². The van der Waals surface area contributed by atoms with Crippen LogP contribution in [0.1, 0.15) is 22.4 Å². The van der Waals surface area contributed by atoms with Crippen molar-refractivity contribution in [3.63, 3.8) is 0 Å². The Morgan fingerprint density at radius 2 is 1.71 bits per heavy atom. The molecule has 1 heterocycles. The maximum absolute atomic E-state index is 12.9. The van der Waals surface area contributed by atoms with Crippen LogP contribution in [0.15, 0.2) is 35.2 Å². The molecule has 2 aromatic carbocycles. The number of ether oxygens (including phenoxy) is 2. The third kappa shape index (κ3) is 3.86. The summed E-state index contributed by atoms with van der Waals surface area (Å²) in [4.78, 5) is 3.43. The van der Waals surface area contributed by atoms with E-state index in [1.165, 1.54) is 25.8 Å². The van der Waals surface area contributed by atoms with Crippen LogP contribution in [-0.2, 0) is 16.4 Å². The summed E-state index contributed by atoms with van der Waals surface area (Å²) < 4.78 is 39.0. The van der Waals surface area contributed by atoms with Gasteiger partial charge in [-0.25, -0.2) is 13.1 Å². The molecule has 0 atom stereocenters. The standard InChI is InChI=1S/C21H26N2O4S/c1-13-6-7-18-17(10-13)16(15(3)23-18)8-9-22-28(24,25)21-12-19(26-4)14(2)11-20(21)27-5/h6-7,10-12,22-23H,8-9H2,1-5H3. The number of benzene rings is 2. The van der Waals surface area contributed by atoms with Gasteiger partial charge in [0.25, 0.3) is 0 Å². The molecule has 0 aliphatic rings. The third-order valence-electron chi connectivity index (χ3n) is 4.91. The normalized spacial score (nSPS) is 11.8. The molecule has 0 saturated heterocycles. The number of aryl methyl sites for hydroxylation is 3. The SMILES string of the molecule is COc1cc(S(=O)(=O)NCCc2c(C)[nH]c3ccc(C)cc23)c(OC)cc1C. The maximum atomic E-state index is 12.9. The fourth-order valence-electron chi connectivity index (χ4n) is 3.44. The summed E-state index contributed by atoms with van der Waals surface area (Å²) in [6.45, 7) is 6.18. The van der Waals surface area contributed by atoms with Gasteiger partial charge < -0.3 is 14.5 Å². The summed E-state index contributed by atoms with van der Waals surface area (Å²) in [7, 11) is -0.775. The van der Waals surface area contributed by atoms with E-state index in [1.807, 2.05) is 20.8 Å². The average Bonchev–Trinajstić information content (AvgIpc) is 2.96. The number of rotatable bonds is 7. The highest BCUT2D eigenvalue weighted by molar-refractivity contribution is 7.89. The number of H-pyrrole nitrogens is 1. The van der Waals surface area contributed by atoms with Crippen LogP contribution >= 0.6 is 0 Å². The van der Waals surface area contributed by atoms with Gasteiger partial charge in [-0.15, -0.1) is 0 Å². The van der Waals surface area contributed by atoms with Crippen LogP contribution < -0.4 is 14.2 Å². The lowest BCUT2D eigenvalue weighted by Crippen LogP contribution is -2.26. The Bertz CT molecular complexity index is 1120. The van der Waals surface area contributed by atoms with E-state index >= 15 is 0 Å². The van der Waals surface area contributed by atoms with Crippen molar-refractivity contribution < 1.29 is 17.9 Å². The molecule has 0 bridgehead atoms. The quantitative estimate of drug-likeness (QED) is 0.632. The molecule has 0 saturated carbocycles. The molecule has 0 fully saturated rings. The third-order valence-corrected chi connectivity index (χ3v) is 6.39. The van der Waals surface area contributed by atoms with Crippen molar-refractivity contribution in [1.82, 2.24) is 9.71 Å². The largest absolute Gasteiger partial charge is 0.496 e. The van der Waals surface area contributed by atoms with Gasteiger partial charge in [0.15, 0.2) is 0 Å². The minimum atomic E-state index is -3.75. The fourth-order valence-corrected chi connectivity index (χ4v) is 4.63. The van der Waals surface area contributed by atoms with Gasteiger partial charge >= 0.3 is 0 Å². The Morgan fingerprint density at radius 1 is 1.00 bits per heavy atom. The summed E-state index contributed by atoms with van der Waals surface area (Å²) in [5, 5.41) is 1.13. The number of nitrogens with one attached hydrogen (secondary N) is 2. The molecule has 3 rings (SSSR count). The van der Waals surface area contributed by atoms with Crippen LogP contribution in [0.2, 0.25) is 0 Å². The Kier molecular flexibility index (Phi) is 5.67. The molecule has 0 unspecified atom stereocenters. The molecule has 0 aliphatic heterocycles. The van der Waals surface area contributed by atoms with Crippen LogP contribution in [0.4, 0.5) is 0 Å². The first-order chi connectivity index (χ1) is 13.3. The van der Waals surface area contributed by atoms with Crippen LogP contribution in [0.3, 0.4) is 0 Å². The minimum absolute atomic E-state index is 0.0731. The van der Waals surface area contributed by atoms with E-state index in [0.717, 1.165) is 27.7 Å². The van der Waals surface area contributed by atoms with Gasteiger partial charge in [0, 0.05) is 29.2 Å². The maximum Gasteiger partial charge on any atom is 0.244 e. The van der Waals surface area contributed by atoms with Gasteiger partial charge in [-0.3, -0.25) is 0 Å². The van der Waals surface area contributed by atoms with Gasteiger partial charge in [-0.1, -0.05) is 11.6 Å². The lowest BCUT2D eigenvalue weighted by atomic mass is 10.1. The number of hydrogen-bond donors (Lipinski definition) is 2. The van der Waals surface area contributed by atoms with Crippen molar-refractivity contribution in [3.8, 4) is 11.5 Å². The second-order valence-electron chi connectivity index (χ2n) is 6.90.